The maximum absolute atomic E-state index is 14.9. The van der Waals surface area contributed by atoms with Gasteiger partial charge in [0.05, 0.1) is 23.8 Å². The highest BCUT2D eigenvalue weighted by Gasteiger charge is 2.39. The molecule has 12 N–H and O–H groups in total. The van der Waals surface area contributed by atoms with E-state index in [9.17, 15) is 73.8 Å². The lowest BCUT2D eigenvalue weighted by Gasteiger charge is -2.39. The number of aliphatic carboxylic acids is 1. The number of aliphatic hydroxyl groups is 5. The van der Waals surface area contributed by atoms with Crippen molar-refractivity contribution in [2.75, 3.05) is 51.6 Å². The number of hydrazine groups is 1. The summed E-state index contributed by atoms with van der Waals surface area (Å²) in [4.78, 5) is 127. The lowest BCUT2D eigenvalue weighted by atomic mass is 9.82. The Morgan fingerprint density at radius 2 is 1.53 bits per heavy atom. The molecule has 1 aromatic heterocycles. The summed E-state index contributed by atoms with van der Waals surface area (Å²) in [6.45, 7) is 13.9. The first-order valence-corrected chi connectivity index (χ1v) is 33.8. The summed E-state index contributed by atoms with van der Waals surface area (Å²) >= 11 is 1.28. The second-order valence-electron chi connectivity index (χ2n) is 23.4. The second kappa shape index (κ2) is 40.2. The average Bonchev–Trinajstić information content (AvgIpc) is 2.25. The van der Waals surface area contributed by atoms with Gasteiger partial charge in [-0.15, -0.1) is 11.3 Å². The number of nitrogens with zero attached hydrogens (tertiary/aromatic N) is 3. The molecule has 29 heteroatoms. The number of likely N-dealkylation sites (N-methyl/N-ethyl adjacent to an activating group) is 1. The Bertz CT molecular complexity index is 2570. The van der Waals surface area contributed by atoms with Crippen molar-refractivity contribution in [2.45, 2.75) is 187 Å². The van der Waals surface area contributed by atoms with E-state index in [2.05, 4.69) is 31.7 Å². The number of phenols is 1. The minimum absolute atomic E-state index is 0.00711. The zero-order valence-corrected chi connectivity index (χ0v) is 55.0. The van der Waals surface area contributed by atoms with Gasteiger partial charge in [-0.25, -0.2) is 20.0 Å². The van der Waals surface area contributed by atoms with Crippen LogP contribution in [0.15, 0.2) is 29.6 Å². The van der Waals surface area contributed by atoms with E-state index in [1.165, 1.54) is 30.4 Å². The first kappa shape index (κ1) is 77.6. The molecule has 2 heterocycles. The number of rotatable bonds is 40. The molecule has 0 radical (unpaired) electrons. The van der Waals surface area contributed by atoms with Crippen molar-refractivity contribution >= 4 is 86.3 Å². The maximum Gasteiger partial charge on any atom is 0.426 e. The fourth-order valence-corrected chi connectivity index (χ4v) is 12.8. The van der Waals surface area contributed by atoms with Crippen molar-refractivity contribution in [1.29, 1.82) is 0 Å². The minimum atomic E-state index is -1.87. The quantitative estimate of drug-likeness (QED) is 0.0149. The van der Waals surface area contributed by atoms with Crippen LogP contribution in [0.25, 0.3) is 0 Å². The molecule has 1 aliphatic heterocycles. The molecule has 3 rings (SSSR count). The number of ether oxygens (including phenoxy) is 2. The van der Waals surface area contributed by atoms with Gasteiger partial charge >= 0.3 is 18.0 Å². The van der Waals surface area contributed by atoms with Crippen LogP contribution in [0.4, 0.5) is 4.79 Å². The van der Waals surface area contributed by atoms with Crippen LogP contribution in [-0.4, -0.2) is 204 Å². The summed E-state index contributed by atoms with van der Waals surface area (Å²) in [7, 11) is 4.18. The van der Waals surface area contributed by atoms with E-state index < -0.39 is 115 Å². The molecular formula is C60H96N8O18S3. The predicted molar refractivity (Wildman–Crippen MR) is 336 cm³/mol. The van der Waals surface area contributed by atoms with E-state index in [1.54, 1.807) is 29.3 Å². The van der Waals surface area contributed by atoms with Crippen molar-refractivity contribution in [3.63, 3.8) is 0 Å². The predicted octanol–water partition coefficient (Wildman–Crippen LogP) is 3.65. The molecule has 1 fully saturated rings. The molecule has 26 nitrogen and oxygen atoms in total. The number of esters is 1. The number of benzene rings is 1. The number of carboxylic acid groups (broad SMARTS) is 1. The van der Waals surface area contributed by atoms with Crippen LogP contribution in [0, 0.1) is 29.6 Å². The number of aromatic nitrogens is 1. The Kier molecular flexibility index (Phi) is 35.1. The fourth-order valence-electron chi connectivity index (χ4n) is 9.92. The lowest BCUT2D eigenvalue weighted by molar-refractivity contribution is -0.160. The molecule has 89 heavy (non-hydrogen) atoms. The molecule has 13 atom stereocenters. The van der Waals surface area contributed by atoms with Crippen molar-refractivity contribution in [3.05, 3.63) is 45.9 Å². The van der Waals surface area contributed by atoms with E-state index in [0.717, 1.165) is 53.0 Å². The monoisotopic (exact) mass is 1310 g/mol. The number of carbonyl (C=O) groups excluding carboxylic acids is 8. The molecule has 0 saturated carbocycles. The number of nitrogens with one attached hydrogen (secondary N) is 5. The smallest absolute Gasteiger partial charge is 0.426 e. The van der Waals surface area contributed by atoms with Crippen LogP contribution in [0.3, 0.4) is 0 Å². The van der Waals surface area contributed by atoms with E-state index in [0.29, 0.717) is 24.3 Å². The third kappa shape index (κ3) is 27.0. The molecule has 502 valence electrons. The highest BCUT2D eigenvalue weighted by Crippen LogP contribution is 2.33. The van der Waals surface area contributed by atoms with Gasteiger partial charge in [0.25, 0.3) is 5.91 Å². The molecule has 0 bridgehead atoms. The number of hydrogen-bond acceptors (Lipinski definition) is 22. The number of aliphatic hydroxyl groups excluding tert-OH is 5. The van der Waals surface area contributed by atoms with Gasteiger partial charge in [0.1, 0.15) is 42.4 Å². The average molecular weight is 1310 g/mol. The van der Waals surface area contributed by atoms with Gasteiger partial charge < -0.3 is 66.1 Å². The van der Waals surface area contributed by atoms with Gasteiger partial charge in [-0.1, -0.05) is 102 Å². The van der Waals surface area contributed by atoms with Gasteiger partial charge in [-0.2, -0.15) is 0 Å². The number of ketones is 1. The molecule has 2 aromatic rings. The third-order valence-electron chi connectivity index (χ3n) is 15.8. The standard InChI is InChI=1S/C60H96N8O18S3/c1-10-14-51(75)86-33-68(58(81)42(35(5)11-2)28-47(71)45-15-12-13-22-67(45)9)46(34(3)4)26-38(8)57-64-43(31-87-57)56(80)62-40(27-39-17-19-41(70)20-18-39)25-37(7)55(79)65-66-60(84)85-23-24-88-89-32-44(59(82)83)63-54(78)36(6)16-21-50(74)61-29-48(72)52(76)53(77)49(73)30-69/h17-20,31,34-38,40,42,44-46,48-49,52-53,69-70,72-73,76-77H,10-16,21-30,32-33H2,1-9H3,(H,61,74)(H,62,80)(H,63,78)(H,65,79)(H,66,84)(H,82,83)/t35-,36-,37-,38+,40+,42?,44+,45+,46+,48-,49+,52+,53+/m0/s1. The van der Waals surface area contributed by atoms with Crippen molar-refractivity contribution in [1.82, 2.24) is 41.6 Å². The summed E-state index contributed by atoms with van der Waals surface area (Å²) in [5.74, 6) is -6.91. The number of phenolic OH excluding ortho intramolecular Hbond substituents is 1. The molecule has 1 unspecified atom stereocenters. The van der Waals surface area contributed by atoms with Gasteiger partial charge in [0.2, 0.25) is 23.6 Å². The van der Waals surface area contributed by atoms with E-state index in [4.69, 9.17) is 19.6 Å². The molecule has 1 saturated heterocycles. The summed E-state index contributed by atoms with van der Waals surface area (Å²) in [6, 6.07) is 3.73. The number of thiazole rings is 1. The molecule has 0 spiro atoms. The Labute approximate surface area is 533 Å². The van der Waals surface area contributed by atoms with Crippen LogP contribution in [-0.2, 0) is 49.5 Å². The first-order valence-electron chi connectivity index (χ1n) is 30.5. The number of aromatic hydroxyl groups is 1. The fraction of sp³-hybridized carbons (Fsp3) is 0.700. The van der Waals surface area contributed by atoms with Gasteiger partial charge in [-0.3, -0.25) is 43.9 Å². The normalized spacial score (nSPS) is 17.6. The molecular weight excluding hydrogens is 1220 g/mol. The molecule has 6 amide bonds. The van der Waals surface area contributed by atoms with Crippen LogP contribution in [0.2, 0.25) is 0 Å². The number of hydrogen-bond donors (Lipinski definition) is 12. The number of carboxylic acids is 1. The van der Waals surface area contributed by atoms with Gasteiger partial charge in [-0.05, 0) is 88.1 Å². The van der Waals surface area contributed by atoms with Gasteiger partial charge in [0, 0.05) is 78.4 Å². The summed E-state index contributed by atoms with van der Waals surface area (Å²) < 4.78 is 10.9. The number of likely N-dealkylation sites (tertiary alicyclic amines) is 1. The highest BCUT2D eigenvalue weighted by molar-refractivity contribution is 8.76. The first-order chi connectivity index (χ1) is 42.1. The second-order valence-corrected chi connectivity index (χ2v) is 26.9. The van der Waals surface area contributed by atoms with Crippen LogP contribution in [0.5, 0.6) is 5.75 Å². The number of carbonyl (C=O) groups is 9. The maximum atomic E-state index is 14.9. The Hall–Kier alpha value is -5.66. The van der Waals surface area contributed by atoms with E-state index >= 15 is 0 Å². The van der Waals surface area contributed by atoms with E-state index in [-0.39, 0.29) is 110 Å². The van der Waals surface area contributed by atoms with Crippen molar-refractivity contribution in [3.8, 4) is 5.75 Å². The van der Waals surface area contributed by atoms with E-state index in [1.807, 2.05) is 48.6 Å². The zero-order valence-electron chi connectivity index (χ0n) is 52.6. The summed E-state index contributed by atoms with van der Waals surface area (Å²) in [5.41, 5.74) is 5.41. The Morgan fingerprint density at radius 3 is 2.16 bits per heavy atom. The SMILES string of the molecule is CCCC(=O)OCN(C(=O)C(CC(=O)[C@H]1CCCCN1C)[C@@H](C)CC)[C@H](C[C@@H](C)c1nc(C(=O)N[C@@H](Cc2ccc(O)cc2)C[C@H](C)C(=O)NNC(=O)OCCSSC[C@@H](NC(=O)[C@@H](C)CCC(=O)NC[C@H](O)[C@@H](O)[C@H](O)[C@H](O)CO)C(=O)O)cs1)C(C)C. The van der Waals surface area contributed by atoms with Crippen LogP contribution >= 0.6 is 32.9 Å². The van der Waals surface area contributed by atoms with Crippen LogP contribution in [0.1, 0.15) is 153 Å². The summed E-state index contributed by atoms with van der Waals surface area (Å²) in [5, 5.41) is 77.7. The van der Waals surface area contributed by atoms with Crippen LogP contribution < -0.4 is 26.8 Å². The molecule has 1 aromatic carbocycles. The molecule has 0 aliphatic carbocycles. The third-order valence-corrected chi connectivity index (χ3v) is 19.3. The summed E-state index contributed by atoms with van der Waals surface area (Å²) in [6.07, 6.45) is -3.39. The molecule has 1 aliphatic rings. The zero-order chi connectivity index (χ0) is 66.5. The number of Topliss-reactive ketones (excluding diaryl/α,β-unsaturated/α-hetero) is 1. The lowest BCUT2D eigenvalue weighted by Crippen LogP contribution is -2.50. The number of piperidine rings is 1. The highest BCUT2D eigenvalue weighted by atomic mass is 33.1. The van der Waals surface area contributed by atoms with Gasteiger partial charge in [0.15, 0.2) is 12.5 Å². The Morgan fingerprint density at radius 1 is 0.843 bits per heavy atom. The van der Waals surface area contributed by atoms with Crippen molar-refractivity contribution < 1.29 is 88.4 Å². The number of amides is 6. The largest absolute Gasteiger partial charge is 0.508 e. The topological polar surface area (TPSA) is 393 Å². The minimum Gasteiger partial charge on any atom is -0.508 e. The Balaban J connectivity index is 1.57. The van der Waals surface area contributed by atoms with Crippen molar-refractivity contribution in [2.24, 2.45) is 29.6 Å².